The minimum Gasteiger partial charge on any atom is -0.329 e. The molecule has 1 fully saturated rings. The molecule has 0 radical (unpaired) electrons. The fraction of sp³-hybridized carbons (Fsp3) is 0.238. The van der Waals surface area contributed by atoms with E-state index < -0.39 is 0 Å². The third-order valence-corrected chi connectivity index (χ3v) is 6.39. The van der Waals surface area contributed by atoms with Gasteiger partial charge in [0.25, 0.3) is 11.8 Å². The molecule has 1 aromatic heterocycles. The molecule has 1 aliphatic heterocycles. The number of hydrogen-bond donors (Lipinski definition) is 1. The Kier molecular flexibility index (Phi) is 5.73. The molecule has 0 aliphatic carbocycles. The lowest BCUT2D eigenvalue weighted by Crippen LogP contribution is -2.30. The predicted octanol–water partition coefficient (Wildman–Crippen LogP) is 4.84. The number of halogens is 1. The van der Waals surface area contributed by atoms with E-state index in [1.807, 2.05) is 60.4 Å². The van der Waals surface area contributed by atoms with E-state index in [2.05, 4.69) is 31.4 Å². The number of nitrogens with zero attached hydrogens (tertiary/aromatic N) is 3. The highest BCUT2D eigenvalue weighted by molar-refractivity contribution is 9.10. The van der Waals surface area contributed by atoms with Crippen LogP contribution in [0.2, 0.25) is 0 Å². The van der Waals surface area contributed by atoms with Crippen LogP contribution in [0.5, 0.6) is 0 Å². The van der Waals surface area contributed by atoms with Crippen LogP contribution in [0.1, 0.15) is 49.6 Å². The number of anilines is 1. The zero-order chi connectivity index (χ0) is 20.4. The van der Waals surface area contributed by atoms with E-state index in [1.165, 1.54) is 11.3 Å². The molecule has 2 aromatic carbocycles. The summed E-state index contributed by atoms with van der Waals surface area (Å²) >= 11 is 4.63. The van der Waals surface area contributed by atoms with Crippen LogP contribution in [0.25, 0.3) is 0 Å². The topological polar surface area (TPSA) is 75.2 Å². The molecular formula is C21H19BrN4O2S. The van der Waals surface area contributed by atoms with Crippen molar-refractivity contribution in [2.45, 2.75) is 25.8 Å². The van der Waals surface area contributed by atoms with E-state index in [0.717, 1.165) is 22.9 Å². The van der Waals surface area contributed by atoms with Crippen LogP contribution in [-0.4, -0.2) is 33.5 Å². The van der Waals surface area contributed by atoms with Gasteiger partial charge in [0.1, 0.15) is 5.01 Å². The minimum atomic E-state index is -0.290. The highest BCUT2D eigenvalue weighted by atomic mass is 79.9. The normalized spacial score (nSPS) is 16.1. The summed E-state index contributed by atoms with van der Waals surface area (Å²) in [5.74, 6) is -0.317. The highest BCUT2D eigenvalue weighted by Crippen LogP contribution is 2.35. The van der Waals surface area contributed by atoms with E-state index in [4.69, 9.17) is 0 Å². The Morgan fingerprint density at radius 2 is 1.83 bits per heavy atom. The zero-order valence-electron chi connectivity index (χ0n) is 15.8. The molecule has 0 spiro atoms. The summed E-state index contributed by atoms with van der Waals surface area (Å²) in [5, 5.41) is 12.1. The van der Waals surface area contributed by atoms with Crippen LogP contribution in [0, 0.1) is 6.92 Å². The van der Waals surface area contributed by atoms with Gasteiger partial charge in [0, 0.05) is 22.3 Å². The standard InChI is InChI=1S/C21H19BrN4O2S/c1-13-4-10-16(11-5-13)23-18(27)20-25-24-19(29-20)17-3-2-12-26(17)21(28)14-6-8-15(22)9-7-14/h4-11,17H,2-3,12H2,1H3,(H,23,27)/t17-/m1/s1. The fourth-order valence-corrected chi connectivity index (χ4v) is 4.46. The van der Waals surface area contributed by atoms with Crippen LogP contribution in [0.15, 0.2) is 53.0 Å². The third kappa shape index (κ3) is 4.38. The molecule has 1 atom stereocenters. The van der Waals surface area contributed by atoms with Gasteiger partial charge in [0.05, 0.1) is 6.04 Å². The molecule has 0 bridgehead atoms. The average Bonchev–Trinajstić information content (AvgIpc) is 3.39. The van der Waals surface area contributed by atoms with Crippen molar-refractivity contribution < 1.29 is 9.59 Å². The Morgan fingerprint density at radius 3 is 2.55 bits per heavy atom. The lowest BCUT2D eigenvalue weighted by Gasteiger charge is -2.22. The van der Waals surface area contributed by atoms with Gasteiger partial charge in [-0.1, -0.05) is 45.0 Å². The zero-order valence-corrected chi connectivity index (χ0v) is 18.2. The largest absolute Gasteiger partial charge is 0.329 e. The van der Waals surface area contributed by atoms with Gasteiger partial charge in [-0.05, 0) is 56.2 Å². The van der Waals surface area contributed by atoms with Crippen LogP contribution in [0.3, 0.4) is 0 Å². The number of carbonyl (C=O) groups is 2. The summed E-state index contributed by atoms with van der Waals surface area (Å²) in [6.45, 7) is 2.66. The van der Waals surface area contributed by atoms with Gasteiger partial charge < -0.3 is 10.2 Å². The van der Waals surface area contributed by atoms with Crippen molar-refractivity contribution in [2.24, 2.45) is 0 Å². The Balaban J connectivity index is 1.49. The maximum Gasteiger partial charge on any atom is 0.286 e. The van der Waals surface area contributed by atoms with Gasteiger partial charge in [-0.2, -0.15) is 0 Å². The van der Waals surface area contributed by atoms with E-state index in [1.54, 1.807) is 0 Å². The van der Waals surface area contributed by atoms with Gasteiger partial charge in [0.2, 0.25) is 5.01 Å². The molecule has 6 nitrogen and oxygen atoms in total. The molecule has 0 saturated carbocycles. The minimum absolute atomic E-state index is 0.0270. The van der Waals surface area contributed by atoms with Crippen LogP contribution < -0.4 is 5.32 Å². The van der Waals surface area contributed by atoms with Crippen molar-refractivity contribution in [1.29, 1.82) is 0 Å². The Labute approximate surface area is 181 Å². The van der Waals surface area contributed by atoms with Gasteiger partial charge in [-0.15, -0.1) is 10.2 Å². The van der Waals surface area contributed by atoms with Gasteiger partial charge >= 0.3 is 0 Å². The molecule has 4 rings (SSSR count). The number of likely N-dealkylation sites (tertiary alicyclic amines) is 1. The Morgan fingerprint density at radius 1 is 1.10 bits per heavy atom. The Hall–Kier alpha value is -2.58. The third-order valence-electron chi connectivity index (χ3n) is 4.83. The number of hydrogen-bond acceptors (Lipinski definition) is 5. The first-order valence-corrected chi connectivity index (χ1v) is 10.9. The van der Waals surface area contributed by atoms with Crippen molar-refractivity contribution in [1.82, 2.24) is 15.1 Å². The smallest absolute Gasteiger partial charge is 0.286 e. The van der Waals surface area contributed by atoms with Gasteiger partial charge in [-0.25, -0.2) is 0 Å². The molecule has 2 heterocycles. The maximum absolute atomic E-state index is 12.9. The molecule has 148 valence electrons. The molecule has 2 amide bonds. The van der Waals surface area contributed by atoms with Gasteiger partial charge in [-0.3, -0.25) is 9.59 Å². The quantitative estimate of drug-likeness (QED) is 0.591. The predicted molar refractivity (Wildman–Crippen MR) is 116 cm³/mol. The first kappa shape index (κ1) is 19.7. The monoisotopic (exact) mass is 470 g/mol. The number of benzene rings is 2. The fourth-order valence-electron chi connectivity index (χ4n) is 3.31. The van der Waals surface area contributed by atoms with Crippen molar-refractivity contribution >= 4 is 44.8 Å². The number of aryl methyl sites for hydroxylation is 1. The lowest BCUT2D eigenvalue weighted by molar-refractivity contribution is 0.0735. The maximum atomic E-state index is 12.9. The Bertz CT molecular complexity index is 1030. The molecule has 1 saturated heterocycles. The summed E-state index contributed by atoms with van der Waals surface area (Å²) in [7, 11) is 0. The van der Waals surface area contributed by atoms with Crippen molar-refractivity contribution in [2.75, 3.05) is 11.9 Å². The average molecular weight is 471 g/mol. The molecule has 1 N–H and O–H groups in total. The summed E-state index contributed by atoms with van der Waals surface area (Å²) in [6, 6.07) is 14.8. The lowest BCUT2D eigenvalue weighted by atomic mass is 10.2. The number of aromatic nitrogens is 2. The van der Waals surface area contributed by atoms with E-state index in [-0.39, 0.29) is 17.9 Å². The first-order chi connectivity index (χ1) is 14.0. The SMILES string of the molecule is Cc1ccc(NC(=O)c2nnc([C@H]3CCCN3C(=O)c3ccc(Br)cc3)s2)cc1. The van der Waals surface area contributed by atoms with E-state index in [0.29, 0.717) is 27.8 Å². The molecule has 29 heavy (non-hydrogen) atoms. The molecule has 0 unspecified atom stereocenters. The second-order valence-corrected chi connectivity index (χ2v) is 8.85. The number of carbonyl (C=O) groups excluding carboxylic acids is 2. The van der Waals surface area contributed by atoms with E-state index in [9.17, 15) is 9.59 Å². The van der Waals surface area contributed by atoms with Crippen molar-refractivity contribution in [3.8, 4) is 0 Å². The number of amides is 2. The summed E-state index contributed by atoms with van der Waals surface area (Å²) in [6.07, 6.45) is 1.72. The van der Waals surface area contributed by atoms with Crippen molar-refractivity contribution in [3.05, 3.63) is 74.1 Å². The van der Waals surface area contributed by atoms with Crippen LogP contribution in [0.4, 0.5) is 5.69 Å². The molecule has 8 heteroatoms. The first-order valence-electron chi connectivity index (χ1n) is 9.29. The second kappa shape index (κ2) is 8.42. The van der Waals surface area contributed by atoms with Gasteiger partial charge in [0.15, 0.2) is 0 Å². The highest BCUT2D eigenvalue weighted by Gasteiger charge is 2.33. The van der Waals surface area contributed by atoms with Crippen LogP contribution >= 0.6 is 27.3 Å². The summed E-state index contributed by atoms with van der Waals surface area (Å²) in [4.78, 5) is 27.3. The molecular weight excluding hydrogens is 452 g/mol. The van der Waals surface area contributed by atoms with Crippen molar-refractivity contribution in [3.63, 3.8) is 0 Å². The molecule has 3 aromatic rings. The van der Waals surface area contributed by atoms with E-state index >= 15 is 0 Å². The molecule has 1 aliphatic rings. The van der Waals surface area contributed by atoms with Crippen LogP contribution in [-0.2, 0) is 0 Å². The number of nitrogens with one attached hydrogen (secondary N) is 1. The summed E-state index contributed by atoms with van der Waals surface area (Å²) < 4.78 is 0.931. The number of rotatable bonds is 4. The second-order valence-electron chi connectivity index (χ2n) is 6.93. The summed E-state index contributed by atoms with van der Waals surface area (Å²) in [5.41, 5.74) is 2.48.